The molecule has 0 aromatic carbocycles. The van der Waals surface area contributed by atoms with Gasteiger partial charge in [0.25, 0.3) is 0 Å². The third-order valence-corrected chi connectivity index (χ3v) is 3.06. The SMILES string of the molecule is CC(NC(=O)N1C[C@H](O)C[C@@H]1C(=O)O)C(=O)NC(C)(C)C. The van der Waals surface area contributed by atoms with Crippen LogP contribution in [0.4, 0.5) is 4.79 Å². The van der Waals surface area contributed by atoms with Crippen LogP contribution >= 0.6 is 0 Å². The summed E-state index contributed by atoms with van der Waals surface area (Å²) < 4.78 is 0. The van der Waals surface area contributed by atoms with E-state index in [0.717, 1.165) is 4.90 Å². The fourth-order valence-corrected chi connectivity index (χ4v) is 2.08. The van der Waals surface area contributed by atoms with Crippen LogP contribution in [-0.4, -0.2) is 63.3 Å². The molecule has 1 aliphatic heterocycles. The number of aliphatic hydroxyl groups is 1. The second-order valence-electron chi connectivity index (χ2n) is 6.31. The minimum absolute atomic E-state index is 0.00861. The average molecular weight is 301 g/mol. The van der Waals surface area contributed by atoms with Crippen LogP contribution in [0.25, 0.3) is 0 Å². The number of carboxylic acid groups (broad SMARTS) is 1. The van der Waals surface area contributed by atoms with Crippen molar-refractivity contribution in [1.29, 1.82) is 0 Å². The largest absolute Gasteiger partial charge is 0.480 e. The highest BCUT2D eigenvalue weighted by molar-refractivity contribution is 5.89. The number of hydrogen-bond donors (Lipinski definition) is 4. The molecule has 1 heterocycles. The third-order valence-electron chi connectivity index (χ3n) is 3.06. The number of nitrogens with zero attached hydrogens (tertiary/aromatic N) is 1. The van der Waals surface area contributed by atoms with E-state index in [2.05, 4.69) is 10.6 Å². The highest BCUT2D eigenvalue weighted by atomic mass is 16.4. The lowest BCUT2D eigenvalue weighted by Gasteiger charge is -2.26. The second kappa shape index (κ2) is 6.30. The van der Waals surface area contributed by atoms with Crippen molar-refractivity contribution in [2.24, 2.45) is 0 Å². The summed E-state index contributed by atoms with van der Waals surface area (Å²) in [5, 5.41) is 23.7. The summed E-state index contributed by atoms with van der Waals surface area (Å²) in [5.74, 6) is -1.53. The lowest BCUT2D eigenvalue weighted by Crippen LogP contribution is -2.54. The van der Waals surface area contributed by atoms with Crippen LogP contribution in [0.1, 0.15) is 34.1 Å². The summed E-state index contributed by atoms with van der Waals surface area (Å²) >= 11 is 0. The van der Waals surface area contributed by atoms with Gasteiger partial charge in [0, 0.05) is 18.5 Å². The number of nitrogens with one attached hydrogen (secondary N) is 2. The Hall–Kier alpha value is -1.83. The van der Waals surface area contributed by atoms with Crippen molar-refractivity contribution in [3.63, 3.8) is 0 Å². The van der Waals surface area contributed by atoms with E-state index in [1.165, 1.54) is 6.92 Å². The average Bonchev–Trinajstić information content (AvgIpc) is 2.69. The lowest BCUT2D eigenvalue weighted by atomic mass is 10.1. The zero-order chi connectivity index (χ0) is 16.4. The van der Waals surface area contributed by atoms with Crippen molar-refractivity contribution in [2.75, 3.05) is 6.54 Å². The molecular weight excluding hydrogens is 278 g/mol. The fraction of sp³-hybridized carbons (Fsp3) is 0.769. The number of likely N-dealkylation sites (tertiary alicyclic amines) is 1. The van der Waals surface area contributed by atoms with Crippen molar-refractivity contribution >= 4 is 17.9 Å². The smallest absolute Gasteiger partial charge is 0.326 e. The molecule has 21 heavy (non-hydrogen) atoms. The van der Waals surface area contributed by atoms with Gasteiger partial charge in [-0.05, 0) is 27.7 Å². The Morgan fingerprint density at radius 2 is 1.86 bits per heavy atom. The number of carboxylic acids is 1. The molecule has 1 aliphatic rings. The molecule has 4 N–H and O–H groups in total. The van der Waals surface area contributed by atoms with E-state index in [1.807, 2.05) is 20.8 Å². The molecule has 8 nitrogen and oxygen atoms in total. The molecule has 8 heteroatoms. The molecule has 1 fully saturated rings. The van der Waals surface area contributed by atoms with E-state index in [4.69, 9.17) is 5.11 Å². The Balaban J connectivity index is 2.63. The summed E-state index contributed by atoms with van der Waals surface area (Å²) in [4.78, 5) is 36.0. The molecule has 0 spiro atoms. The minimum atomic E-state index is -1.17. The molecule has 1 unspecified atom stereocenters. The summed E-state index contributed by atoms with van der Waals surface area (Å²) in [6.45, 7) is 6.90. The number of aliphatic hydroxyl groups excluding tert-OH is 1. The predicted molar refractivity (Wildman–Crippen MR) is 74.6 cm³/mol. The van der Waals surface area contributed by atoms with Crippen LogP contribution < -0.4 is 10.6 Å². The maximum atomic E-state index is 12.0. The van der Waals surface area contributed by atoms with Gasteiger partial charge in [-0.1, -0.05) is 0 Å². The molecular formula is C13H23N3O5. The van der Waals surface area contributed by atoms with Gasteiger partial charge in [-0.3, -0.25) is 4.79 Å². The quantitative estimate of drug-likeness (QED) is 0.561. The van der Waals surface area contributed by atoms with E-state index >= 15 is 0 Å². The zero-order valence-electron chi connectivity index (χ0n) is 12.7. The molecule has 1 rings (SSSR count). The first kappa shape index (κ1) is 17.2. The van der Waals surface area contributed by atoms with Crippen molar-refractivity contribution in [3.05, 3.63) is 0 Å². The summed E-state index contributed by atoms with van der Waals surface area (Å²) in [5.41, 5.74) is -0.427. The molecule has 0 aromatic heterocycles. The van der Waals surface area contributed by atoms with Crippen molar-refractivity contribution in [1.82, 2.24) is 15.5 Å². The number of β-amino-alcohol motifs (C(OH)–C–C–N with tert-alkyl or cyclic N) is 1. The molecule has 0 radical (unpaired) electrons. The van der Waals surface area contributed by atoms with E-state index in [1.54, 1.807) is 0 Å². The Morgan fingerprint density at radius 1 is 1.29 bits per heavy atom. The molecule has 1 saturated heterocycles. The Kier molecular flexibility index (Phi) is 5.16. The molecule has 3 amide bonds. The van der Waals surface area contributed by atoms with Gasteiger partial charge in [0.2, 0.25) is 5.91 Å². The monoisotopic (exact) mass is 301 g/mol. The van der Waals surface area contributed by atoms with Gasteiger partial charge in [0.15, 0.2) is 0 Å². The first-order valence-electron chi connectivity index (χ1n) is 6.81. The van der Waals surface area contributed by atoms with Crippen LogP contribution in [-0.2, 0) is 9.59 Å². The van der Waals surface area contributed by atoms with Gasteiger partial charge in [0.05, 0.1) is 6.10 Å². The summed E-state index contributed by atoms with van der Waals surface area (Å²) in [7, 11) is 0. The van der Waals surface area contributed by atoms with E-state index in [0.29, 0.717) is 0 Å². The fourth-order valence-electron chi connectivity index (χ4n) is 2.08. The van der Waals surface area contributed by atoms with Crippen molar-refractivity contribution < 1.29 is 24.6 Å². The van der Waals surface area contributed by atoms with Crippen molar-refractivity contribution in [2.45, 2.75) is 57.8 Å². The Bertz CT molecular complexity index is 432. The van der Waals surface area contributed by atoms with Crippen LogP contribution in [0.2, 0.25) is 0 Å². The highest BCUT2D eigenvalue weighted by Crippen LogP contribution is 2.18. The van der Waals surface area contributed by atoms with Gasteiger partial charge < -0.3 is 25.7 Å². The van der Waals surface area contributed by atoms with E-state index < -0.39 is 35.7 Å². The zero-order valence-corrected chi connectivity index (χ0v) is 12.7. The number of carbonyl (C=O) groups excluding carboxylic acids is 2. The van der Waals surface area contributed by atoms with E-state index in [9.17, 15) is 19.5 Å². The number of rotatable bonds is 3. The van der Waals surface area contributed by atoms with Crippen LogP contribution in [0.3, 0.4) is 0 Å². The lowest BCUT2D eigenvalue weighted by molar-refractivity contribution is -0.141. The normalized spacial score (nSPS) is 23.6. The molecule has 120 valence electrons. The number of amides is 3. The number of urea groups is 1. The molecule has 0 bridgehead atoms. The Morgan fingerprint density at radius 3 is 2.33 bits per heavy atom. The predicted octanol–water partition coefficient (Wildman–Crippen LogP) is -0.481. The Labute approximate surface area is 123 Å². The maximum absolute atomic E-state index is 12.0. The topological polar surface area (TPSA) is 119 Å². The third kappa shape index (κ3) is 4.89. The van der Waals surface area contributed by atoms with Gasteiger partial charge in [-0.25, -0.2) is 9.59 Å². The molecule has 3 atom stereocenters. The van der Waals surface area contributed by atoms with Crippen LogP contribution in [0, 0.1) is 0 Å². The molecule has 0 aliphatic carbocycles. The number of aliphatic carboxylic acids is 1. The van der Waals surface area contributed by atoms with Gasteiger partial charge in [0.1, 0.15) is 12.1 Å². The second-order valence-corrected chi connectivity index (χ2v) is 6.31. The molecule has 0 aromatic rings. The maximum Gasteiger partial charge on any atom is 0.326 e. The molecule has 0 saturated carbocycles. The first-order valence-corrected chi connectivity index (χ1v) is 6.81. The number of hydrogen-bond acceptors (Lipinski definition) is 4. The first-order chi connectivity index (χ1) is 9.51. The van der Waals surface area contributed by atoms with Crippen molar-refractivity contribution in [3.8, 4) is 0 Å². The van der Waals surface area contributed by atoms with Crippen LogP contribution in [0.15, 0.2) is 0 Å². The van der Waals surface area contributed by atoms with Gasteiger partial charge >= 0.3 is 12.0 Å². The minimum Gasteiger partial charge on any atom is -0.480 e. The van der Waals surface area contributed by atoms with Crippen LogP contribution in [0.5, 0.6) is 0 Å². The summed E-state index contributed by atoms with van der Waals surface area (Å²) in [6.07, 6.45) is -0.874. The standard InChI is InChI=1S/C13H23N3O5/c1-7(10(18)15-13(2,3)4)14-12(21)16-6-8(17)5-9(16)11(19)20/h7-9,17H,5-6H2,1-4H3,(H,14,21)(H,15,18)(H,19,20)/t7?,8-,9-/m1/s1. The van der Waals surface area contributed by atoms with E-state index in [-0.39, 0.29) is 18.9 Å². The number of carbonyl (C=O) groups is 3. The summed E-state index contributed by atoms with van der Waals surface area (Å²) in [6, 6.07) is -2.54. The van der Waals surface area contributed by atoms with Gasteiger partial charge in [-0.15, -0.1) is 0 Å². The van der Waals surface area contributed by atoms with Gasteiger partial charge in [-0.2, -0.15) is 0 Å². The highest BCUT2D eigenvalue weighted by Gasteiger charge is 2.39.